The predicted molar refractivity (Wildman–Crippen MR) is 80.2 cm³/mol. The van der Waals surface area contributed by atoms with Crippen LogP contribution in [-0.4, -0.2) is 32.8 Å². The third-order valence-corrected chi connectivity index (χ3v) is 3.85. The van der Waals surface area contributed by atoms with E-state index in [-0.39, 0.29) is 5.91 Å². The van der Waals surface area contributed by atoms with Gasteiger partial charge in [-0.15, -0.1) is 0 Å². The summed E-state index contributed by atoms with van der Waals surface area (Å²) in [6.07, 6.45) is 2.13. The molecule has 1 amide bonds. The molecular formula is C15H25N3O3. The molecule has 0 aromatic carbocycles. The topological polar surface area (TPSA) is 84.2 Å². The Hall–Kier alpha value is -1.85. The number of aliphatic carboxylic acids is 1. The fourth-order valence-corrected chi connectivity index (χ4v) is 2.51. The normalized spacial score (nSPS) is 13.8. The number of hydrogen-bond acceptors (Lipinski definition) is 3. The smallest absolute Gasteiger partial charge is 0.326 e. The molecule has 0 fully saturated rings. The molecule has 1 rings (SSSR count). The van der Waals surface area contributed by atoms with Crippen LogP contribution in [0.25, 0.3) is 0 Å². The molecule has 0 aliphatic heterocycles. The highest BCUT2D eigenvalue weighted by molar-refractivity contribution is 5.88. The number of aryl methyl sites for hydroxylation is 2. The van der Waals surface area contributed by atoms with Gasteiger partial charge in [0.1, 0.15) is 6.04 Å². The second-order valence-electron chi connectivity index (χ2n) is 5.47. The van der Waals surface area contributed by atoms with Gasteiger partial charge in [0.2, 0.25) is 5.91 Å². The lowest BCUT2D eigenvalue weighted by Crippen LogP contribution is -2.42. The van der Waals surface area contributed by atoms with Crippen molar-refractivity contribution in [3.05, 3.63) is 17.0 Å². The van der Waals surface area contributed by atoms with Crippen LogP contribution in [0.1, 0.15) is 56.0 Å². The molecule has 1 heterocycles. The largest absolute Gasteiger partial charge is 0.480 e. The van der Waals surface area contributed by atoms with E-state index in [1.54, 1.807) is 11.6 Å². The zero-order chi connectivity index (χ0) is 16.2. The molecular weight excluding hydrogens is 270 g/mol. The lowest BCUT2D eigenvalue weighted by atomic mass is 9.97. The number of nitrogens with one attached hydrogen (secondary N) is 1. The highest BCUT2D eigenvalue weighted by Gasteiger charge is 2.26. The van der Waals surface area contributed by atoms with Crippen LogP contribution in [0.2, 0.25) is 0 Å². The molecule has 0 radical (unpaired) electrons. The number of rotatable bonds is 7. The van der Waals surface area contributed by atoms with Crippen LogP contribution in [-0.2, 0) is 16.6 Å². The molecule has 118 valence electrons. The van der Waals surface area contributed by atoms with Crippen LogP contribution in [0.15, 0.2) is 0 Å². The Kier molecular flexibility index (Phi) is 5.93. The SMILES string of the molecule is CCCC[C@H](NC(=O)C(C)c1c(C)nn(C)c1C)C(=O)O. The molecule has 1 aromatic rings. The van der Waals surface area contributed by atoms with Crippen molar-refractivity contribution >= 4 is 11.9 Å². The van der Waals surface area contributed by atoms with E-state index in [0.717, 1.165) is 29.8 Å². The molecule has 0 bridgehead atoms. The van der Waals surface area contributed by atoms with Crippen molar-refractivity contribution < 1.29 is 14.7 Å². The number of carbonyl (C=O) groups is 2. The highest BCUT2D eigenvalue weighted by atomic mass is 16.4. The summed E-state index contributed by atoms with van der Waals surface area (Å²) >= 11 is 0. The number of aromatic nitrogens is 2. The van der Waals surface area contributed by atoms with Crippen molar-refractivity contribution in [1.29, 1.82) is 0 Å². The maximum Gasteiger partial charge on any atom is 0.326 e. The average Bonchev–Trinajstić information content (AvgIpc) is 2.66. The molecule has 6 heteroatoms. The molecule has 0 spiro atoms. The van der Waals surface area contributed by atoms with Gasteiger partial charge in [0, 0.05) is 18.3 Å². The van der Waals surface area contributed by atoms with Crippen LogP contribution in [0.3, 0.4) is 0 Å². The van der Waals surface area contributed by atoms with Crippen molar-refractivity contribution in [3.8, 4) is 0 Å². The summed E-state index contributed by atoms with van der Waals surface area (Å²) in [6, 6.07) is -0.822. The van der Waals surface area contributed by atoms with Crippen molar-refractivity contribution in [2.75, 3.05) is 0 Å². The minimum absolute atomic E-state index is 0.266. The standard InChI is InChI=1S/C15H25N3O3/c1-6-7-8-12(15(20)21)16-14(19)9(2)13-10(3)17-18(5)11(13)4/h9,12H,6-8H2,1-5H3,(H,16,19)(H,20,21)/t9?,12-/m0/s1. The lowest BCUT2D eigenvalue weighted by Gasteiger charge is -2.18. The lowest BCUT2D eigenvalue weighted by molar-refractivity contribution is -0.142. The maximum atomic E-state index is 12.3. The van der Waals surface area contributed by atoms with E-state index in [2.05, 4.69) is 10.4 Å². The van der Waals surface area contributed by atoms with Crippen molar-refractivity contribution in [2.24, 2.45) is 7.05 Å². The third kappa shape index (κ3) is 4.06. The average molecular weight is 295 g/mol. The maximum absolute atomic E-state index is 12.3. The van der Waals surface area contributed by atoms with Gasteiger partial charge in [-0.25, -0.2) is 4.79 Å². The van der Waals surface area contributed by atoms with Gasteiger partial charge in [-0.3, -0.25) is 9.48 Å². The first-order valence-corrected chi connectivity index (χ1v) is 7.32. The van der Waals surface area contributed by atoms with Crippen LogP contribution in [0.4, 0.5) is 0 Å². The van der Waals surface area contributed by atoms with E-state index < -0.39 is 17.9 Å². The van der Waals surface area contributed by atoms with Crippen molar-refractivity contribution in [1.82, 2.24) is 15.1 Å². The van der Waals surface area contributed by atoms with E-state index >= 15 is 0 Å². The number of carboxylic acid groups (broad SMARTS) is 1. The monoisotopic (exact) mass is 295 g/mol. The number of unbranched alkanes of at least 4 members (excludes halogenated alkanes) is 1. The predicted octanol–water partition coefficient (Wildman–Crippen LogP) is 1.90. The first kappa shape index (κ1) is 17.2. The number of hydrogen-bond donors (Lipinski definition) is 2. The second-order valence-corrected chi connectivity index (χ2v) is 5.47. The van der Waals surface area contributed by atoms with E-state index in [1.807, 2.05) is 27.8 Å². The molecule has 2 N–H and O–H groups in total. The van der Waals surface area contributed by atoms with Gasteiger partial charge in [-0.2, -0.15) is 5.10 Å². The first-order valence-electron chi connectivity index (χ1n) is 7.32. The number of nitrogens with zero attached hydrogens (tertiary/aromatic N) is 2. The summed E-state index contributed by atoms with van der Waals surface area (Å²) in [5, 5.41) is 16.1. The molecule has 0 saturated heterocycles. The van der Waals surface area contributed by atoms with Gasteiger partial charge in [0.15, 0.2) is 0 Å². The molecule has 2 atom stereocenters. The number of carbonyl (C=O) groups excluding carboxylic acids is 1. The van der Waals surface area contributed by atoms with Gasteiger partial charge in [0.25, 0.3) is 0 Å². The molecule has 0 aliphatic rings. The van der Waals surface area contributed by atoms with E-state index in [0.29, 0.717) is 6.42 Å². The van der Waals surface area contributed by atoms with Crippen LogP contribution >= 0.6 is 0 Å². The highest BCUT2D eigenvalue weighted by Crippen LogP contribution is 2.23. The van der Waals surface area contributed by atoms with Gasteiger partial charge in [0.05, 0.1) is 11.6 Å². The van der Waals surface area contributed by atoms with E-state index in [1.165, 1.54) is 0 Å². The summed E-state index contributed by atoms with van der Waals surface area (Å²) in [7, 11) is 1.83. The molecule has 0 aliphatic carbocycles. The Morgan fingerprint density at radius 2 is 2.00 bits per heavy atom. The van der Waals surface area contributed by atoms with E-state index in [9.17, 15) is 14.7 Å². The Bertz CT molecular complexity index is 522. The zero-order valence-electron chi connectivity index (χ0n) is 13.4. The van der Waals surface area contributed by atoms with Gasteiger partial charge < -0.3 is 10.4 Å². The van der Waals surface area contributed by atoms with E-state index in [4.69, 9.17) is 0 Å². The Labute approximate surface area is 125 Å². The Morgan fingerprint density at radius 3 is 2.43 bits per heavy atom. The van der Waals surface area contributed by atoms with Gasteiger partial charge in [-0.1, -0.05) is 19.8 Å². The summed E-state index contributed by atoms with van der Waals surface area (Å²) in [4.78, 5) is 23.5. The molecule has 0 saturated carbocycles. The molecule has 6 nitrogen and oxygen atoms in total. The number of carboxylic acids is 1. The second kappa shape index (κ2) is 7.24. The summed E-state index contributed by atoms with van der Waals surface area (Å²) < 4.78 is 1.74. The molecule has 1 aromatic heterocycles. The summed E-state index contributed by atoms with van der Waals surface area (Å²) in [5.74, 6) is -1.66. The molecule has 1 unspecified atom stereocenters. The van der Waals surface area contributed by atoms with Crippen LogP contribution in [0.5, 0.6) is 0 Å². The summed E-state index contributed by atoms with van der Waals surface area (Å²) in [5.41, 5.74) is 2.60. The third-order valence-electron chi connectivity index (χ3n) is 3.85. The fraction of sp³-hybridized carbons (Fsp3) is 0.667. The van der Waals surface area contributed by atoms with Gasteiger partial charge in [-0.05, 0) is 27.2 Å². The van der Waals surface area contributed by atoms with Crippen LogP contribution in [0, 0.1) is 13.8 Å². The Balaban J connectivity index is 2.84. The zero-order valence-corrected chi connectivity index (χ0v) is 13.4. The van der Waals surface area contributed by atoms with Gasteiger partial charge >= 0.3 is 5.97 Å². The quantitative estimate of drug-likeness (QED) is 0.804. The number of amides is 1. The van der Waals surface area contributed by atoms with Crippen molar-refractivity contribution in [2.45, 2.75) is 58.9 Å². The molecule has 21 heavy (non-hydrogen) atoms. The fourth-order valence-electron chi connectivity index (χ4n) is 2.51. The minimum atomic E-state index is -0.983. The minimum Gasteiger partial charge on any atom is -0.480 e. The van der Waals surface area contributed by atoms with Crippen LogP contribution < -0.4 is 5.32 Å². The Morgan fingerprint density at radius 1 is 1.38 bits per heavy atom. The summed E-state index contributed by atoms with van der Waals surface area (Å²) in [6.45, 7) is 7.54. The first-order chi connectivity index (χ1) is 9.79. The van der Waals surface area contributed by atoms with Crippen molar-refractivity contribution in [3.63, 3.8) is 0 Å².